The van der Waals surface area contributed by atoms with Crippen LogP contribution in [-0.4, -0.2) is 32.6 Å². The molecule has 0 spiro atoms. The van der Waals surface area contributed by atoms with Crippen LogP contribution >= 0.6 is 0 Å². The summed E-state index contributed by atoms with van der Waals surface area (Å²) in [4.78, 5) is 33.6. The van der Waals surface area contributed by atoms with Crippen LogP contribution in [0.3, 0.4) is 0 Å². The van der Waals surface area contributed by atoms with Crippen LogP contribution in [0.4, 0.5) is 4.79 Å². The van der Waals surface area contributed by atoms with E-state index in [9.17, 15) is 9.59 Å². The van der Waals surface area contributed by atoms with Gasteiger partial charge in [-0.05, 0) is 77.3 Å². The molecule has 1 heterocycles. The van der Waals surface area contributed by atoms with Gasteiger partial charge in [0.25, 0.3) is 5.56 Å². The van der Waals surface area contributed by atoms with Gasteiger partial charge >= 0.3 is 6.03 Å². The van der Waals surface area contributed by atoms with E-state index in [1.54, 1.807) is 15.5 Å². The zero-order valence-corrected chi connectivity index (χ0v) is 20.2. The normalized spacial score (nSPS) is 12.6. The maximum absolute atomic E-state index is 13.7. The van der Waals surface area contributed by atoms with Crippen LogP contribution in [-0.2, 0) is 0 Å². The van der Waals surface area contributed by atoms with Gasteiger partial charge in [0.05, 0.1) is 22.6 Å². The highest BCUT2D eigenvalue weighted by molar-refractivity contribution is 5.78. The van der Waals surface area contributed by atoms with Gasteiger partial charge in [-0.1, -0.05) is 31.2 Å². The number of carbonyl (C=O) groups excluding carboxylic acids is 1. The molecule has 2 amide bonds. The molecule has 0 bridgehead atoms. The second-order valence-corrected chi connectivity index (χ2v) is 9.47. The summed E-state index contributed by atoms with van der Waals surface area (Å²) in [5, 5.41) is 3.62. The van der Waals surface area contributed by atoms with Crippen molar-refractivity contribution in [3.05, 3.63) is 69.8 Å². The lowest BCUT2D eigenvalue weighted by Gasteiger charge is -2.33. The molecule has 0 aliphatic carbocycles. The first kappa shape index (κ1) is 23.5. The lowest BCUT2D eigenvalue weighted by atomic mass is 10.1. The molecule has 1 atom stereocenters. The van der Waals surface area contributed by atoms with Crippen molar-refractivity contribution >= 4 is 16.9 Å². The number of nitrogens with zero attached hydrogens (tertiary/aromatic N) is 3. The monoisotopic (exact) mass is 434 g/mol. The number of hydrogen-bond acceptors (Lipinski definition) is 3. The van der Waals surface area contributed by atoms with Crippen LogP contribution in [0.5, 0.6) is 0 Å². The Morgan fingerprint density at radius 2 is 1.84 bits per heavy atom. The van der Waals surface area contributed by atoms with Crippen LogP contribution in [0.2, 0.25) is 0 Å². The van der Waals surface area contributed by atoms with Crippen molar-refractivity contribution in [1.82, 2.24) is 19.8 Å². The molecule has 0 saturated carbocycles. The molecule has 1 aromatic heterocycles. The summed E-state index contributed by atoms with van der Waals surface area (Å²) in [5.41, 5.74) is 2.96. The molecule has 0 fully saturated rings. The van der Waals surface area contributed by atoms with E-state index < -0.39 is 6.04 Å². The van der Waals surface area contributed by atoms with E-state index in [1.165, 1.54) is 0 Å². The summed E-state index contributed by atoms with van der Waals surface area (Å²) in [7, 11) is 0. The number of hydrogen-bond donors (Lipinski definition) is 1. The number of carbonyl (C=O) groups is 1. The third-order valence-corrected chi connectivity index (χ3v) is 5.46. The van der Waals surface area contributed by atoms with Crippen LogP contribution in [0, 0.1) is 13.8 Å². The van der Waals surface area contributed by atoms with Gasteiger partial charge in [-0.3, -0.25) is 9.36 Å². The summed E-state index contributed by atoms with van der Waals surface area (Å²) in [6.07, 6.45) is 0.795. The molecule has 6 nitrogen and oxygen atoms in total. The van der Waals surface area contributed by atoms with Crippen LogP contribution in [0.25, 0.3) is 16.6 Å². The molecule has 3 rings (SSSR count). The van der Waals surface area contributed by atoms with E-state index in [0.29, 0.717) is 23.3 Å². The van der Waals surface area contributed by atoms with Gasteiger partial charge in [0.1, 0.15) is 5.82 Å². The number of para-hydroxylation sites is 1. The minimum absolute atomic E-state index is 0.126. The van der Waals surface area contributed by atoms with Gasteiger partial charge in [-0.25, -0.2) is 9.78 Å². The Bertz CT molecular complexity index is 1190. The van der Waals surface area contributed by atoms with E-state index in [1.807, 2.05) is 84.9 Å². The van der Waals surface area contributed by atoms with Gasteiger partial charge in [0.15, 0.2) is 0 Å². The Morgan fingerprint density at radius 1 is 1.16 bits per heavy atom. The molecule has 0 radical (unpaired) electrons. The molecule has 3 aromatic rings. The number of urea groups is 1. The Kier molecular flexibility index (Phi) is 6.72. The zero-order valence-electron chi connectivity index (χ0n) is 20.2. The number of fused-ring (bicyclic) bond motifs is 1. The van der Waals surface area contributed by atoms with E-state index in [2.05, 4.69) is 5.32 Å². The molecule has 32 heavy (non-hydrogen) atoms. The second kappa shape index (κ2) is 9.15. The molecule has 2 aromatic carbocycles. The molecule has 0 aliphatic heterocycles. The Labute approximate surface area is 190 Å². The number of benzene rings is 2. The van der Waals surface area contributed by atoms with Crippen molar-refractivity contribution in [2.45, 2.75) is 66.5 Å². The third-order valence-electron chi connectivity index (χ3n) is 5.46. The SMILES string of the molecule is CCCN(C(=O)NC(C)(C)C)C(C)c1nc2ccccc2c(=O)n1-c1cc(C)ccc1C. The lowest BCUT2D eigenvalue weighted by molar-refractivity contribution is 0.167. The van der Waals surface area contributed by atoms with Crippen molar-refractivity contribution in [3.8, 4) is 5.69 Å². The highest BCUT2D eigenvalue weighted by Crippen LogP contribution is 2.25. The smallest absolute Gasteiger partial charge is 0.318 e. The van der Waals surface area contributed by atoms with Crippen molar-refractivity contribution < 1.29 is 4.79 Å². The van der Waals surface area contributed by atoms with Crippen molar-refractivity contribution in [2.24, 2.45) is 0 Å². The van der Waals surface area contributed by atoms with E-state index in [-0.39, 0.29) is 17.1 Å². The molecule has 170 valence electrons. The van der Waals surface area contributed by atoms with E-state index >= 15 is 0 Å². The summed E-state index contributed by atoms with van der Waals surface area (Å²) in [6, 6.07) is 12.8. The van der Waals surface area contributed by atoms with Gasteiger partial charge in [-0.15, -0.1) is 0 Å². The fourth-order valence-electron chi connectivity index (χ4n) is 3.87. The largest absolute Gasteiger partial charge is 0.333 e. The highest BCUT2D eigenvalue weighted by Gasteiger charge is 2.28. The Hall–Kier alpha value is -3.15. The van der Waals surface area contributed by atoms with Crippen LogP contribution in [0.15, 0.2) is 47.3 Å². The molecular weight excluding hydrogens is 400 g/mol. The van der Waals surface area contributed by atoms with Gasteiger partial charge in [0, 0.05) is 12.1 Å². The average molecular weight is 435 g/mol. The van der Waals surface area contributed by atoms with Crippen LogP contribution < -0.4 is 10.9 Å². The molecule has 0 aliphatic rings. The summed E-state index contributed by atoms with van der Waals surface area (Å²) >= 11 is 0. The predicted molar refractivity (Wildman–Crippen MR) is 131 cm³/mol. The topological polar surface area (TPSA) is 67.2 Å². The first-order valence-electron chi connectivity index (χ1n) is 11.2. The summed E-state index contributed by atoms with van der Waals surface area (Å²) in [6.45, 7) is 14.4. The third kappa shape index (κ3) is 4.85. The molecule has 1 N–H and O–H groups in total. The lowest BCUT2D eigenvalue weighted by Crippen LogP contribution is -2.50. The van der Waals surface area contributed by atoms with E-state index in [4.69, 9.17) is 4.98 Å². The number of aryl methyl sites for hydroxylation is 2. The zero-order chi connectivity index (χ0) is 23.6. The van der Waals surface area contributed by atoms with Crippen LogP contribution in [0.1, 0.15) is 64.0 Å². The van der Waals surface area contributed by atoms with Gasteiger partial charge in [-0.2, -0.15) is 0 Å². The number of nitrogens with one attached hydrogen (secondary N) is 1. The fourth-order valence-corrected chi connectivity index (χ4v) is 3.87. The standard InChI is InChI=1S/C26H34N4O2/c1-8-15-29(25(32)28-26(5,6)7)19(4)23-27-21-12-10-9-11-20(21)24(31)30(23)22-16-17(2)13-14-18(22)3/h9-14,16,19H,8,15H2,1-7H3,(H,28,32). The average Bonchev–Trinajstić information content (AvgIpc) is 2.72. The number of amides is 2. The minimum Gasteiger partial charge on any atom is -0.333 e. The van der Waals surface area contributed by atoms with Crippen molar-refractivity contribution in [3.63, 3.8) is 0 Å². The number of rotatable bonds is 5. The molecule has 6 heteroatoms. The number of aromatic nitrogens is 2. The molecule has 0 saturated heterocycles. The second-order valence-electron chi connectivity index (χ2n) is 9.47. The van der Waals surface area contributed by atoms with Crippen molar-refractivity contribution in [2.75, 3.05) is 6.54 Å². The summed E-state index contributed by atoms with van der Waals surface area (Å²) in [5.74, 6) is 0.555. The van der Waals surface area contributed by atoms with E-state index in [0.717, 1.165) is 23.2 Å². The van der Waals surface area contributed by atoms with Gasteiger partial charge < -0.3 is 10.2 Å². The quantitative estimate of drug-likeness (QED) is 0.594. The highest BCUT2D eigenvalue weighted by atomic mass is 16.2. The minimum atomic E-state index is -0.408. The summed E-state index contributed by atoms with van der Waals surface area (Å²) < 4.78 is 1.68. The fraction of sp³-hybridized carbons (Fsp3) is 0.423. The maximum atomic E-state index is 13.7. The predicted octanol–water partition coefficient (Wildman–Crippen LogP) is 5.28. The molecule has 1 unspecified atom stereocenters. The first-order valence-corrected chi connectivity index (χ1v) is 11.2. The first-order chi connectivity index (χ1) is 15.0. The molecular formula is C26H34N4O2. The Balaban J connectivity index is 2.27. The van der Waals surface area contributed by atoms with Gasteiger partial charge in [0.2, 0.25) is 0 Å². The van der Waals surface area contributed by atoms with Crippen molar-refractivity contribution in [1.29, 1.82) is 0 Å². The maximum Gasteiger partial charge on any atom is 0.318 e. The Morgan fingerprint density at radius 3 is 2.50 bits per heavy atom.